The molecule has 5 N–H and O–H groups in total. The number of rotatable bonds is 0. The maximum Gasteiger partial charge on any atom is 0.205 e. The lowest BCUT2D eigenvalue weighted by Gasteiger charge is -1.97. The number of fused-ring (bicyclic) bond motifs is 1. The molecule has 0 saturated heterocycles. The van der Waals surface area contributed by atoms with Gasteiger partial charge in [0.2, 0.25) is 5.65 Å². The highest BCUT2D eigenvalue weighted by atomic mass is 15.2. The van der Waals surface area contributed by atoms with Crippen LogP contribution in [0, 0.1) is 6.92 Å². The number of nitrogens with zero attached hydrogens (tertiary/aromatic N) is 3. The van der Waals surface area contributed by atoms with Gasteiger partial charge in [-0.1, -0.05) is 0 Å². The molecule has 0 aromatic carbocycles. The van der Waals surface area contributed by atoms with Crippen LogP contribution in [0.25, 0.3) is 11.0 Å². The maximum atomic E-state index is 5.68. The largest absolute Gasteiger partial charge is 0.395 e. The highest BCUT2D eigenvalue weighted by Gasteiger charge is 2.09. The van der Waals surface area contributed by atoms with Crippen LogP contribution in [0.4, 0.5) is 11.5 Å². The van der Waals surface area contributed by atoms with E-state index in [1.54, 1.807) is 0 Å². The lowest BCUT2D eigenvalue weighted by Crippen LogP contribution is -2.00. The number of anilines is 2. The molecule has 0 aliphatic heterocycles. The lowest BCUT2D eigenvalue weighted by atomic mass is 10.2. The molecule has 0 bridgehead atoms. The molecule has 0 amide bonds. The number of aromatic nitrogens is 4. The summed E-state index contributed by atoms with van der Waals surface area (Å²) >= 11 is 0. The zero-order valence-corrected chi connectivity index (χ0v) is 6.50. The fourth-order valence-corrected chi connectivity index (χ4v) is 1.09. The molecule has 0 saturated carbocycles. The number of nitrogens with one attached hydrogen (secondary N) is 1. The Bertz CT molecular complexity index is 431. The molecular weight excluding hydrogens is 156 g/mol. The van der Waals surface area contributed by atoms with E-state index in [4.69, 9.17) is 11.5 Å². The van der Waals surface area contributed by atoms with Gasteiger partial charge < -0.3 is 11.5 Å². The van der Waals surface area contributed by atoms with Gasteiger partial charge in [0.15, 0.2) is 5.82 Å². The Balaban J connectivity index is 2.96. The van der Waals surface area contributed by atoms with Gasteiger partial charge in [0.1, 0.15) is 0 Å². The molecule has 0 fully saturated rings. The molecule has 2 aromatic heterocycles. The van der Waals surface area contributed by atoms with Gasteiger partial charge in [-0.2, -0.15) is 5.10 Å². The zero-order chi connectivity index (χ0) is 8.72. The van der Waals surface area contributed by atoms with Gasteiger partial charge in [-0.05, 0) is 6.92 Å². The van der Waals surface area contributed by atoms with Crippen molar-refractivity contribution in [3.8, 4) is 0 Å². The summed E-state index contributed by atoms with van der Waals surface area (Å²) in [5, 5.41) is 14.8. The Hall–Kier alpha value is -1.85. The van der Waals surface area contributed by atoms with Crippen LogP contribution in [0.3, 0.4) is 0 Å². The molecular formula is C6H8N6. The molecule has 2 aromatic rings. The molecule has 0 atom stereocenters. The van der Waals surface area contributed by atoms with E-state index < -0.39 is 0 Å². The summed E-state index contributed by atoms with van der Waals surface area (Å²) in [6.45, 7) is 1.85. The van der Waals surface area contributed by atoms with Gasteiger partial charge in [0.25, 0.3) is 0 Å². The molecule has 0 aliphatic rings. The van der Waals surface area contributed by atoms with Crippen LogP contribution in [-0.4, -0.2) is 20.4 Å². The zero-order valence-electron chi connectivity index (χ0n) is 6.50. The topological polar surface area (TPSA) is 106 Å². The van der Waals surface area contributed by atoms with Crippen molar-refractivity contribution in [2.75, 3.05) is 11.5 Å². The number of aryl methyl sites for hydroxylation is 1. The average Bonchev–Trinajstić information content (AvgIpc) is 2.41. The van der Waals surface area contributed by atoms with Crippen molar-refractivity contribution in [3.05, 3.63) is 5.69 Å². The minimum Gasteiger partial charge on any atom is -0.395 e. The first-order valence-corrected chi connectivity index (χ1v) is 3.42. The number of hydrogen-bond donors (Lipinski definition) is 3. The van der Waals surface area contributed by atoms with Crippen molar-refractivity contribution in [1.29, 1.82) is 0 Å². The SMILES string of the molecule is Cc1[nH]nc2nnc(N)c(N)c12. The lowest BCUT2D eigenvalue weighted by molar-refractivity contribution is 1.02. The van der Waals surface area contributed by atoms with E-state index in [-0.39, 0.29) is 5.82 Å². The summed E-state index contributed by atoms with van der Waals surface area (Å²) < 4.78 is 0. The Morgan fingerprint density at radius 1 is 1.25 bits per heavy atom. The average molecular weight is 164 g/mol. The van der Waals surface area contributed by atoms with Gasteiger partial charge in [-0.15, -0.1) is 10.2 Å². The van der Waals surface area contributed by atoms with Crippen molar-refractivity contribution in [3.63, 3.8) is 0 Å². The van der Waals surface area contributed by atoms with E-state index in [0.29, 0.717) is 11.3 Å². The summed E-state index contributed by atoms with van der Waals surface area (Å²) in [6, 6.07) is 0. The van der Waals surface area contributed by atoms with E-state index in [1.807, 2.05) is 6.92 Å². The van der Waals surface area contributed by atoms with Crippen LogP contribution in [-0.2, 0) is 0 Å². The molecule has 0 radical (unpaired) electrons. The van der Waals surface area contributed by atoms with E-state index in [2.05, 4.69) is 20.4 Å². The molecule has 12 heavy (non-hydrogen) atoms. The van der Waals surface area contributed by atoms with Gasteiger partial charge in [0.05, 0.1) is 11.1 Å². The number of nitrogens with two attached hydrogens (primary N) is 2. The quantitative estimate of drug-likeness (QED) is 0.501. The summed E-state index contributed by atoms with van der Waals surface area (Å²) in [7, 11) is 0. The van der Waals surface area contributed by atoms with Gasteiger partial charge in [-0.25, -0.2) is 0 Å². The van der Waals surface area contributed by atoms with Gasteiger partial charge >= 0.3 is 0 Å². The van der Waals surface area contributed by atoms with Crippen molar-refractivity contribution >= 4 is 22.5 Å². The summed E-state index contributed by atoms with van der Waals surface area (Å²) in [6.07, 6.45) is 0. The number of hydrogen-bond acceptors (Lipinski definition) is 5. The third-order valence-electron chi connectivity index (χ3n) is 1.73. The predicted octanol–water partition coefficient (Wildman–Crippen LogP) is -0.174. The Morgan fingerprint density at radius 2 is 2.00 bits per heavy atom. The highest BCUT2D eigenvalue weighted by molar-refractivity contribution is 5.93. The number of nitrogen functional groups attached to an aromatic ring is 2. The van der Waals surface area contributed by atoms with Crippen LogP contribution < -0.4 is 11.5 Å². The van der Waals surface area contributed by atoms with Crippen molar-refractivity contribution in [2.24, 2.45) is 0 Å². The second-order valence-electron chi connectivity index (χ2n) is 2.55. The Kier molecular flexibility index (Phi) is 1.18. The van der Waals surface area contributed by atoms with Crippen LogP contribution >= 0.6 is 0 Å². The minimum atomic E-state index is 0.243. The third-order valence-corrected chi connectivity index (χ3v) is 1.73. The third kappa shape index (κ3) is 0.714. The molecule has 0 aliphatic carbocycles. The minimum absolute atomic E-state index is 0.243. The molecule has 2 rings (SSSR count). The van der Waals surface area contributed by atoms with E-state index in [1.165, 1.54) is 0 Å². The van der Waals surface area contributed by atoms with Gasteiger partial charge in [0, 0.05) is 5.69 Å². The van der Waals surface area contributed by atoms with Crippen molar-refractivity contribution < 1.29 is 0 Å². The molecule has 0 spiro atoms. The first-order chi connectivity index (χ1) is 5.70. The molecule has 2 heterocycles. The Labute approximate surface area is 68.0 Å². The van der Waals surface area contributed by atoms with Gasteiger partial charge in [-0.3, -0.25) is 5.10 Å². The number of aromatic amines is 1. The summed E-state index contributed by atoms with van der Waals surface area (Å²) in [5.74, 6) is 0.243. The van der Waals surface area contributed by atoms with Crippen molar-refractivity contribution in [2.45, 2.75) is 6.92 Å². The van der Waals surface area contributed by atoms with Crippen LogP contribution in [0.2, 0.25) is 0 Å². The second kappa shape index (κ2) is 2.07. The molecule has 62 valence electrons. The van der Waals surface area contributed by atoms with Crippen molar-refractivity contribution in [1.82, 2.24) is 20.4 Å². The second-order valence-corrected chi connectivity index (χ2v) is 2.55. The normalized spacial score (nSPS) is 10.8. The fourth-order valence-electron chi connectivity index (χ4n) is 1.09. The summed E-state index contributed by atoms with van der Waals surface area (Å²) in [4.78, 5) is 0. The fraction of sp³-hybridized carbons (Fsp3) is 0.167. The molecule has 6 nitrogen and oxygen atoms in total. The first kappa shape index (κ1) is 6.84. The van der Waals surface area contributed by atoms with E-state index in [9.17, 15) is 0 Å². The highest BCUT2D eigenvalue weighted by Crippen LogP contribution is 2.23. The Morgan fingerprint density at radius 3 is 2.75 bits per heavy atom. The van der Waals surface area contributed by atoms with Crippen LogP contribution in [0.1, 0.15) is 5.69 Å². The summed E-state index contributed by atoms with van der Waals surface area (Å²) in [5.41, 5.74) is 12.9. The standard InChI is InChI=1S/C6H8N6/c1-2-3-4(7)5(8)10-12-6(3)11-9-2/h1H3,(H2,8,10)(H3,7,9,11,12). The van der Waals surface area contributed by atoms with Crippen LogP contribution in [0.5, 0.6) is 0 Å². The monoisotopic (exact) mass is 164 g/mol. The molecule has 0 unspecified atom stereocenters. The smallest absolute Gasteiger partial charge is 0.205 e. The van der Waals surface area contributed by atoms with E-state index >= 15 is 0 Å². The first-order valence-electron chi connectivity index (χ1n) is 3.42. The van der Waals surface area contributed by atoms with E-state index in [0.717, 1.165) is 11.1 Å². The maximum absolute atomic E-state index is 5.68. The molecule has 6 heteroatoms. The number of H-pyrrole nitrogens is 1. The van der Waals surface area contributed by atoms with Crippen LogP contribution in [0.15, 0.2) is 0 Å². The predicted molar refractivity (Wildman–Crippen MR) is 45.2 cm³/mol.